The summed E-state index contributed by atoms with van der Waals surface area (Å²) in [6.45, 7) is 12.5. The van der Waals surface area contributed by atoms with Gasteiger partial charge in [0.15, 0.2) is 5.82 Å². The molecule has 5 rings (SSSR count). The van der Waals surface area contributed by atoms with Crippen LogP contribution < -0.4 is 5.32 Å². The maximum absolute atomic E-state index is 11.7. The molecule has 0 bridgehead atoms. The second-order valence-corrected chi connectivity index (χ2v) is 11.7. The Bertz CT molecular complexity index is 1530. The zero-order valence-electron chi connectivity index (χ0n) is 22.1. The molecule has 1 aromatic carbocycles. The number of carboxylic acids is 1. The van der Waals surface area contributed by atoms with Crippen molar-refractivity contribution in [1.82, 2.24) is 24.5 Å². The van der Waals surface area contributed by atoms with E-state index in [-0.39, 0.29) is 11.8 Å². The molecule has 0 fully saturated rings. The monoisotopic (exact) mass is 517 g/mol. The van der Waals surface area contributed by atoms with Crippen molar-refractivity contribution < 1.29 is 9.90 Å². The minimum Gasteiger partial charge on any atom is -0.481 e. The van der Waals surface area contributed by atoms with E-state index in [1.54, 1.807) is 11.3 Å². The first-order valence-electron chi connectivity index (χ1n) is 12.2. The average Bonchev–Trinajstić information content (AvgIpc) is 3.44. The molecule has 4 aromatic rings. The Morgan fingerprint density at radius 3 is 2.46 bits per heavy atom. The van der Waals surface area contributed by atoms with Gasteiger partial charge < -0.3 is 10.4 Å². The molecule has 0 aliphatic carbocycles. The highest BCUT2D eigenvalue weighted by atomic mass is 32.1. The van der Waals surface area contributed by atoms with E-state index in [0.29, 0.717) is 5.82 Å². The van der Waals surface area contributed by atoms with Crippen LogP contribution in [0, 0.1) is 20.8 Å². The fourth-order valence-corrected chi connectivity index (χ4v) is 5.71. The Labute approximate surface area is 219 Å². The number of benzene rings is 1. The molecule has 1 aliphatic rings. The van der Waals surface area contributed by atoms with Gasteiger partial charge in [0.2, 0.25) is 0 Å². The number of aliphatic carboxylic acids is 1. The van der Waals surface area contributed by atoms with Crippen LogP contribution in [-0.4, -0.2) is 41.3 Å². The molecular formula is C27H31N7O2S. The van der Waals surface area contributed by atoms with Crippen molar-refractivity contribution in [2.45, 2.75) is 59.4 Å². The van der Waals surface area contributed by atoms with Gasteiger partial charge in [0, 0.05) is 40.2 Å². The van der Waals surface area contributed by atoms with Crippen molar-refractivity contribution in [3.05, 3.63) is 69.2 Å². The number of rotatable bonds is 5. The molecule has 37 heavy (non-hydrogen) atoms. The van der Waals surface area contributed by atoms with Crippen LogP contribution in [0.15, 0.2) is 35.3 Å². The van der Waals surface area contributed by atoms with Gasteiger partial charge in [-0.25, -0.2) is 0 Å². The molecule has 192 valence electrons. The Hall–Kier alpha value is -3.79. The molecule has 0 radical (unpaired) electrons. The van der Waals surface area contributed by atoms with Crippen molar-refractivity contribution in [2.24, 2.45) is 12.0 Å². The van der Waals surface area contributed by atoms with Gasteiger partial charge in [-0.15, -0.1) is 21.5 Å². The summed E-state index contributed by atoms with van der Waals surface area (Å²) in [5, 5.41) is 27.3. The van der Waals surface area contributed by atoms with E-state index in [0.717, 1.165) is 50.4 Å². The lowest BCUT2D eigenvalue weighted by atomic mass is 9.92. The number of anilines is 2. The van der Waals surface area contributed by atoms with Gasteiger partial charge in [-0.1, -0.05) is 32.9 Å². The predicted molar refractivity (Wildman–Crippen MR) is 146 cm³/mol. The molecule has 0 amide bonds. The largest absolute Gasteiger partial charge is 0.481 e. The summed E-state index contributed by atoms with van der Waals surface area (Å²) in [7, 11) is 1.93. The summed E-state index contributed by atoms with van der Waals surface area (Å²) in [5.41, 5.74) is 5.72. The van der Waals surface area contributed by atoms with Gasteiger partial charge in [-0.2, -0.15) is 5.10 Å². The van der Waals surface area contributed by atoms with Gasteiger partial charge in [0.1, 0.15) is 22.7 Å². The molecule has 2 N–H and O–H groups in total. The number of aromatic nitrogens is 5. The van der Waals surface area contributed by atoms with Crippen LogP contribution in [-0.2, 0) is 17.3 Å². The molecule has 4 heterocycles. The van der Waals surface area contributed by atoms with Gasteiger partial charge >= 0.3 is 5.97 Å². The molecule has 1 atom stereocenters. The number of carbonyl (C=O) groups is 1. The highest BCUT2D eigenvalue weighted by Crippen LogP contribution is 2.39. The minimum absolute atomic E-state index is 0.0401. The van der Waals surface area contributed by atoms with E-state index in [1.165, 1.54) is 4.88 Å². The first kappa shape index (κ1) is 24.9. The number of aliphatic imine (C=N–C) groups is 1. The molecule has 0 unspecified atom stereocenters. The van der Waals surface area contributed by atoms with E-state index >= 15 is 0 Å². The van der Waals surface area contributed by atoms with Gasteiger partial charge in [0.25, 0.3) is 0 Å². The van der Waals surface area contributed by atoms with E-state index in [2.05, 4.69) is 61.3 Å². The summed E-state index contributed by atoms with van der Waals surface area (Å²) >= 11 is 1.65. The first-order valence-corrected chi connectivity index (χ1v) is 13.0. The summed E-state index contributed by atoms with van der Waals surface area (Å²) in [5.74, 6) is 1.26. The number of hydrogen-bond acceptors (Lipinski definition) is 7. The second-order valence-electron chi connectivity index (χ2n) is 10.5. The number of carboxylic acid groups (broad SMARTS) is 1. The van der Waals surface area contributed by atoms with Crippen LogP contribution >= 0.6 is 11.3 Å². The number of aryl methyl sites for hydroxylation is 3. The Kier molecular flexibility index (Phi) is 6.02. The van der Waals surface area contributed by atoms with Crippen LogP contribution in [0.4, 0.5) is 11.5 Å². The van der Waals surface area contributed by atoms with Gasteiger partial charge in [0.05, 0.1) is 17.8 Å². The number of nitrogens with one attached hydrogen (secondary N) is 1. The summed E-state index contributed by atoms with van der Waals surface area (Å²) < 4.78 is 3.82. The third-order valence-corrected chi connectivity index (χ3v) is 7.88. The fourth-order valence-electron chi connectivity index (χ4n) is 4.50. The zero-order valence-corrected chi connectivity index (χ0v) is 22.9. The normalized spacial score (nSPS) is 15.1. The van der Waals surface area contributed by atoms with Crippen molar-refractivity contribution in [2.75, 3.05) is 5.32 Å². The molecule has 10 heteroatoms. The van der Waals surface area contributed by atoms with Crippen LogP contribution in [0.3, 0.4) is 0 Å². The lowest BCUT2D eigenvalue weighted by Crippen LogP contribution is -2.12. The van der Waals surface area contributed by atoms with Crippen LogP contribution in [0.2, 0.25) is 0 Å². The topological polar surface area (TPSA) is 110 Å². The smallest absolute Gasteiger partial charge is 0.306 e. The van der Waals surface area contributed by atoms with Crippen molar-refractivity contribution in [3.63, 3.8) is 0 Å². The molecular weight excluding hydrogens is 486 g/mol. The number of thiophene rings is 1. The Morgan fingerprint density at radius 2 is 1.84 bits per heavy atom. The molecule has 1 aliphatic heterocycles. The lowest BCUT2D eigenvalue weighted by Gasteiger charge is -2.13. The third-order valence-electron chi connectivity index (χ3n) is 6.69. The molecule has 0 saturated heterocycles. The maximum atomic E-state index is 11.7. The van der Waals surface area contributed by atoms with Crippen LogP contribution in [0.25, 0.3) is 5.00 Å². The Morgan fingerprint density at radius 1 is 1.14 bits per heavy atom. The van der Waals surface area contributed by atoms with Gasteiger partial charge in [-0.3, -0.25) is 19.0 Å². The van der Waals surface area contributed by atoms with Gasteiger partial charge in [-0.05, 0) is 38.5 Å². The van der Waals surface area contributed by atoms with E-state index in [4.69, 9.17) is 4.99 Å². The van der Waals surface area contributed by atoms with Crippen molar-refractivity contribution in [1.29, 1.82) is 0 Å². The number of hydrogen-bond donors (Lipinski definition) is 2. The lowest BCUT2D eigenvalue weighted by molar-refractivity contribution is -0.137. The van der Waals surface area contributed by atoms with Crippen molar-refractivity contribution in [3.8, 4) is 5.00 Å². The average molecular weight is 518 g/mol. The highest BCUT2D eigenvalue weighted by molar-refractivity contribution is 7.15. The zero-order chi connectivity index (χ0) is 26.6. The Balaban J connectivity index is 1.56. The molecule has 3 aromatic heterocycles. The van der Waals surface area contributed by atoms with E-state index in [9.17, 15) is 9.90 Å². The third kappa shape index (κ3) is 4.46. The molecule has 9 nitrogen and oxygen atoms in total. The van der Waals surface area contributed by atoms with Crippen LogP contribution in [0.1, 0.15) is 72.1 Å². The van der Waals surface area contributed by atoms with Crippen LogP contribution in [0.5, 0.6) is 0 Å². The maximum Gasteiger partial charge on any atom is 0.306 e. The standard InChI is InChI=1S/C27H31N7O2S/c1-14-15(2)37-26-23(14)24(29-19(12-22(35)36)25-31-30-16(3)34(25)26)17-8-10-18(11-9-17)28-21-13-20(27(4,5)6)32-33(21)7/h8-11,13,19,28H,12H2,1-7H3,(H,35,36)/t19-/m0/s1. The molecule has 0 spiro atoms. The summed E-state index contributed by atoms with van der Waals surface area (Å²) in [6.07, 6.45) is -0.162. The minimum atomic E-state index is -0.927. The fraction of sp³-hybridized carbons (Fsp3) is 0.370. The van der Waals surface area contributed by atoms with Crippen molar-refractivity contribution >= 4 is 34.5 Å². The predicted octanol–water partition coefficient (Wildman–Crippen LogP) is 5.40. The summed E-state index contributed by atoms with van der Waals surface area (Å²) in [4.78, 5) is 17.9. The SMILES string of the molecule is Cc1sc2c(c1C)C(c1ccc(Nc3cc(C(C)(C)C)nn3C)cc1)=N[C@@H](CC(=O)O)c1nnc(C)n1-2. The number of nitrogens with zero attached hydrogens (tertiary/aromatic N) is 6. The highest BCUT2D eigenvalue weighted by Gasteiger charge is 2.32. The summed E-state index contributed by atoms with van der Waals surface area (Å²) in [6, 6.07) is 9.50. The first-order chi connectivity index (χ1) is 17.4. The second kappa shape index (κ2) is 8.95. The molecule has 0 saturated carbocycles. The number of fused-ring (bicyclic) bond motifs is 3. The van der Waals surface area contributed by atoms with E-state index < -0.39 is 12.0 Å². The van der Waals surface area contributed by atoms with E-state index in [1.807, 2.05) is 47.5 Å². The quantitative estimate of drug-likeness (QED) is 0.367.